The summed E-state index contributed by atoms with van der Waals surface area (Å²) in [4.78, 5) is 15.3. The van der Waals surface area contributed by atoms with Gasteiger partial charge in [0.1, 0.15) is 6.61 Å². The molecule has 0 radical (unpaired) electrons. The summed E-state index contributed by atoms with van der Waals surface area (Å²) in [6.45, 7) is 9.99. The molecule has 1 aliphatic carbocycles. The van der Waals surface area contributed by atoms with Gasteiger partial charge < -0.3 is 4.74 Å². The normalized spacial score (nSPS) is 16.3. The fourth-order valence-corrected chi connectivity index (χ4v) is 4.12. The lowest BCUT2D eigenvalue weighted by molar-refractivity contribution is -0.155. The highest BCUT2D eigenvalue weighted by Gasteiger charge is 2.47. The van der Waals surface area contributed by atoms with E-state index in [0.717, 1.165) is 31.4 Å². The molecule has 26 heavy (non-hydrogen) atoms. The second-order valence-corrected chi connectivity index (χ2v) is 8.06. The molecule has 2 aromatic rings. The number of nitrogens with zero attached hydrogens (tertiary/aromatic N) is 1. The fourth-order valence-electron chi connectivity index (χ4n) is 4.12. The third kappa shape index (κ3) is 3.64. The van der Waals surface area contributed by atoms with Crippen molar-refractivity contribution in [2.75, 3.05) is 13.2 Å². The minimum atomic E-state index is -0.440. The molecule has 0 heterocycles. The van der Waals surface area contributed by atoms with Crippen LogP contribution in [0.1, 0.15) is 52.5 Å². The Morgan fingerprint density at radius 3 is 2.27 bits per heavy atom. The Bertz CT molecular complexity index is 754. The van der Waals surface area contributed by atoms with Crippen molar-refractivity contribution in [1.82, 2.24) is 4.90 Å². The van der Waals surface area contributed by atoms with Gasteiger partial charge in [-0.25, -0.2) is 0 Å². The Balaban J connectivity index is 1.71. The van der Waals surface area contributed by atoms with Gasteiger partial charge in [0.05, 0.1) is 5.41 Å². The monoisotopic (exact) mass is 353 g/mol. The lowest BCUT2D eigenvalue weighted by atomic mass is 9.64. The Morgan fingerprint density at radius 2 is 1.69 bits per heavy atom. The van der Waals surface area contributed by atoms with Crippen molar-refractivity contribution in [2.45, 2.75) is 64.5 Å². The second kappa shape index (κ2) is 7.79. The highest BCUT2D eigenvalue weighted by Crippen LogP contribution is 2.45. The van der Waals surface area contributed by atoms with Gasteiger partial charge in [0.15, 0.2) is 0 Å². The van der Waals surface area contributed by atoms with Gasteiger partial charge in [-0.3, -0.25) is 9.69 Å². The van der Waals surface area contributed by atoms with Crippen molar-refractivity contribution in [3.63, 3.8) is 0 Å². The van der Waals surface area contributed by atoms with E-state index in [0.29, 0.717) is 18.7 Å². The van der Waals surface area contributed by atoms with Gasteiger partial charge >= 0.3 is 5.97 Å². The molecule has 0 bridgehead atoms. The van der Waals surface area contributed by atoms with Gasteiger partial charge in [0.25, 0.3) is 0 Å². The zero-order chi connectivity index (χ0) is 18.7. The maximum atomic E-state index is 13.0. The number of hydrogen-bond donors (Lipinski definition) is 0. The molecule has 0 unspecified atom stereocenters. The third-order valence-corrected chi connectivity index (χ3v) is 5.81. The topological polar surface area (TPSA) is 29.5 Å². The molecule has 1 fully saturated rings. The van der Waals surface area contributed by atoms with Crippen LogP contribution >= 0.6 is 0 Å². The lowest BCUT2D eigenvalue weighted by Gasteiger charge is -2.40. The summed E-state index contributed by atoms with van der Waals surface area (Å²) in [7, 11) is 0. The van der Waals surface area contributed by atoms with Crippen molar-refractivity contribution in [2.24, 2.45) is 0 Å². The number of ether oxygens (including phenoxy) is 1. The molecule has 0 atom stereocenters. The summed E-state index contributed by atoms with van der Waals surface area (Å²) >= 11 is 0. The quantitative estimate of drug-likeness (QED) is 0.662. The first-order valence-electron chi connectivity index (χ1n) is 9.86. The highest BCUT2D eigenvalue weighted by atomic mass is 16.5. The molecule has 0 spiro atoms. The molecule has 3 heteroatoms. The number of rotatable bonds is 7. The van der Waals surface area contributed by atoms with Crippen LogP contribution in [0.15, 0.2) is 42.5 Å². The molecule has 0 aromatic heterocycles. The summed E-state index contributed by atoms with van der Waals surface area (Å²) in [5.41, 5.74) is 0.668. The lowest BCUT2D eigenvalue weighted by Crippen LogP contribution is -2.45. The maximum absolute atomic E-state index is 13.0. The van der Waals surface area contributed by atoms with E-state index in [1.54, 1.807) is 0 Å². The van der Waals surface area contributed by atoms with Crippen LogP contribution in [-0.4, -0.2) is 36.1 Å². The highest BCUT2D eigenvalue weighted by molar-refractivity contribution is 5.88. The number of esters is 1. The van der Waals surface area contributed by atoms with Crippen molar-refractivity contribution < 1.29 is 9.53 Å². The molecular formula is C23H31NO2. The van der Waals surface area contributed by atoms with E-state index in [2.05, 4.69) is 62.9 Å². The summed E-state index contributed by atoms with van der Waals surface area (Å²) in [6.07, 6.45) is 2.87. The smallest absolute Gasteiger partial charge is 0.316 e. The Kier molecular flexibility index (Phi) is 5.67. The van der Waals surface area contributed by atoms with Crippen LogP contribution in [0.2, 0.25) is 0 Å². The molecule has 1 aliphatic rings. The molecule has 0 saturated heterocycles. The predicted octanol–water partition coefficient (Wildman–Crippen LogP) is 4.92. The summed E-state index contributed by atoms with van der Waals surface area (Å²) in [6, 6.07) is 15.6. The zero-order valence-electron chi connectivity index (χ0n) is 16.5. The van der Waals surface area contributed by atoms with E-state index in [4.69, 9.17) is 4.74 Å². The average molecular weight is 354 g/mol. The van der Waals surface area contributed by atoms with Crippen LogP contribution < -0.4 is 0 Å². The molecule has 140 valence electrons. The average Bonchev–Trinajstić information content (AvgIpc) is 2.57. The number of carbonyl (C=O) groups is 1. The van der Waals surface area contributed by atoms with Gasteiger partial charge in [-0.1, -0.05) is 48.9 Å². The fraction of sp³-hybridized carbons (Fsp3) is 0.522. The number of fused-ring (bicyclic) bond motifs is 1. The Hall–Kier alpha value is -1.87. The second-order valence-electron chi connectivity index (χ2n) is 8.06. The number of carbonyl (C=O) groups excluding carboxylic acids is 1. The SMILES string of the molecule is CC(C)N(CCOC(=O)C1(c2ccc3ccccc3c2)CCC1)C(C)C. The van der Waals surface area contributed by atoms with Gasteiger partial charge in [0, 0.05) is 18.6 Å². The minimum absolute atomic E-state index is 0.0495. The van der Waals surface area contributed by atoms with Gasteiger partial charge in [-0.05, 0) is 56.9 Å². The predicted molar refractivity (Wildman–Crippen MR) is 107 cm³/mol. The first-order valence-corrected chi connectivity index (χ1v) is 9.86. The van der Waals surface area contributed by atoms with Crippen molar-refractivity contribution in [1.29, 1.82) is 0 Å². The summed E-state index contributed by atoms with van der Waals surface area (Å²) in [5, 5.41) is 2.40. The van der Waals surface area contributed by atoms with Crippen molar-refractivity contribution in [3.8, 4) is 0 Å². The van der Waals surface area contributed by atoms with Crippen LogP contribution in [0.3, 0.4) is 0 Å². The van der Waals surface area contributed by atoms with Crippen LogP contribution in [-0.2, 0) is 14.9 Å². The Morgan fingerprint density at radius 1 is 1.04 bits per heavy atom. The van der Waals surface area contributed by atoms with Crippen molar-refractivity contribution in [3.05, 3.63) is 48.0 Å². The zero-order valence-corrected chi connectivity index (χ0v) is 16.5. The standard InChI is InChI=1S/C23H31NO2/c1-17(2)24(18(3)4)14-15-26-22(25)23(12-7-13-23)21-11-10-19-8-5-6-9-20(19)16-21/h5-6,8-11,16-18H,7,12-15H2,1-4H3. The molecule has 3 nitrogen and oxygen atoms in total. The maximum Gasteiger partial charge on any atom is 0.316 e. The summed E-state index contributed by atoms with van der Waals surface area (Å²) < 4.78 is 5.77. The van der Waals surface area contributed by atoms with E-state index in [-0.39, 0.29) is 5.97 Å². The first kappa shape index (κ1) is 18.9. The number of hydrogen-bond acceptors (Lipinski definition) is 3. The first-order chi connectivity index (χ1) is 12.4. The van der Waals surface area contributed by atoms with E-state index >= 15 is 0 Å². The van der Waals surface area contributed by atoms with Gasteiger partial charge in [-0.2, -0.15) is 0 Å². The van der Waals surface area contributed by atoms with E-state index in [9.17, 15) is 4.79 Å². The van der Waals surface area contributed by atoms with Crippen LogP contribution in [0.5, 0.6) is 0 Å². The van der Waals surface area contributed by atoms with Crippen molar-refractivity contribution >= 4 is 16.7 Å². The molecule has 0 aliphatic heterocycles. The molecule has 0 N–H and O–H groups in total. The van der Waals surface area contributed by atoms with E-state index < -0.39 is 5.41 Å². The molecular weight excluding hydrogens is 322 g/mol. The van der Waals surface area contributed by atoms with Crippen LogP contribution in [0.25, 0.3) is 10.8 Å². The number of benzene rings is 2. The molecule has 1 saturated carbocycles. The summed E-state index contributed by atoms with van der Waals surface area (Å²) in [5.74, 6) is -0.0495. The van der Waals surface area contributed by atoms with Gasteiger partial charge in [0.2, 0.25) is 0 Å². The minimum Gasteiger partial charge on any atom is -0.464 e. The van der Waals surface area contributed by atoms with E-state index in [1.165, 1.54) is 10.8 Å². The Labute approximate surface area is 157 Å². The molecule has 0 amide bonds. The van der Waals surface area contributed by atoms with Crippen LogP contribution in [0, 0.1) is 0 Å². The van der Waals surface area contributed by atoms with E-state index in [1.807, 2.05) is 12.1 Å². The van der Waals surface area contributed by atoms with Gasteiger partial charge in [-0.15, -0.1) is 0 Å². The third-order valence-electron chi connectivity index (χ3n) is 5.81. The molecule has 2 aromatic carbocycles. The largest absolute Gasteiger partial charge is 0.464 e. The van der Waals surface area contributed by atoms with Crippen LogP contribution in [0.4, 0.5) is 0 Å². The molecule has 3 rings (SSSR count).